The third-order valence-electron chi connectivity index (χ3n) is 3.74. The predicted molar refractivity (Wildman–Crippen MR) is 100 cm³/mol. The highest BCUT2D eigenvalue weighted by Gasteiger charge is 2.16. The van der Waals surface area contributed by atoms with Gasteiger partial charge in [0.1, 0.15) is 12.4 Å². The fraction of sp³-hybridized carbons (Fsp3) is 0.222. The number of aryl methyl sites for hydroxylation is 1. The molecule has 27 heavy (non-hydrogen) atoms. The normalized spacial score (nSPS) is 12.5. The molecule has 3 aromatic rings. The lowest BCUT2D eigenvalue weighted by Gasteiger charge is -2.05. The molecule has 142 valence electrons. The molecule has 0 bridgehead atoms. The van der Waals surface area contributed by atoms with Crippen molar-refractivity contribution in [2.75, 3.05) is 6.61 Å². The molecule has 2 aromatic carbocycles. The lowest BCUT2D eigenvalue weighted by atomic mass is 10.2. The van der Waals surface area contributed by atoms with E-state index in [2.05, 4.69) is 4.40 Å². The van der Waals surface area contributed by atoms with Gasteiger partial charge in [0, 0.05) is 0 Å². The molecule has 0 unspecified atom stereocenters. The average Bonchev–Trinajstić information content (AvgIpc) is 2.91. The summed E-state index contributed by atoms with van der Waals surface area (Å²) >= 11 is 1.16. The molecular formula is C18H17FN2O4S2. The van der Waals surface area contributed by atoms with Gasteiger partial charge in [-0.05, 0) is 55.8 Å². The third-order valence-corrected chi connectivity index (χ3v) is 6.18. The molecule has 0 N–H and O–H groups in total. The van der Waals surface area contributed by atoms with E-state index in [1.54, 1.807) is 6.92 Å². The summed E-state index contributed by atoms with van der Waals surface area (Å²) in [6, 6.07) is 10.00. The molecule has 6 nitrogen and oxygen atoms in total. The van der Waals surface area contributed by atoms with E-state index in [1.165, 1.54) is 4.57 Å². The molecule has 1 aromatic heterocycles. The van der Waals surface area contributed by atoms with Crippen molar-refractivity contribution in [2.24, 2.45) is 4.40 Å². The number of carbonyl (C=O) groups excluding carboxylic acids is 1. The number of halogens is 1. The van der Waals surface area contributed by atoms with Crippen LogP contribution in [-0.4, -0.2) is 25.6 Å². The van der Waals surface area contributed by atoms with Crippen LogP contribution in [0, 0.1) is 12.7 Å². The molecule has 9 heteroatoms. The number of nitrogens with zero attached hydrogens (tertiary/aromatic N) is 2. The first kappa shape index (κ1) is 19.2. The van der Waals surface area contributed by atoms with Crippen LogP contribution in [0.25, 0.3) is 10.2 Å². The molecule has 0 atom stereocenters. The maximum atomic E-state index is 13.1. The first-order valence-electron chi connectivity index (χ1n) is 8.12. The molecule has 0 saturated heterocycles. The molecule has 0 saturated carbocycles. The zero-order valence-corrected chi connectivity index (χ0v) is 16.3. The Kier molecular flexibility index (Phi) is 5.43. The summed E-state index contributed by atoms with van der Waals surface area (Å²) < 4.78 is 49.5. The van der Waals surface area contributed by atoms with Crippen LogP contribution >= 0.6 is 11.3 Å². The molecule has 0 aliphatic heterocycles. The molecule has 0 fully saturated rings. The van der Waals surface area contributed by atoms with Crippen molar-refractivity contribution in [3.05, 3.63) is 58.6 Å². The summed E-state index contributed by atoms with van der Waals surface area (Å²) in [6.45, 7) is 3.68. The number of sulfonamides is 1. The number of carbonyl (C=O) groups is 1. The van der Waals surface area contributed by atoms with Crippen LogP contribution in [-0.2, 0) is 26.1 Å². The van der Waals surface area contributed by atoms with Gasteiger partial charge in [-0.1, -0.05) is 17.4 Å². The SMILES string of the molecule is CCOC(=O)Cn1/c(=N/S(=O)(=O)c2ccc(F)cc2)sc2cc(C)ccc21. The highest BCUT2D eigenvalue weighted by atomic mass is 32.2. The van der Waals surface area contributed by atoms with Gasteiger partial charge in [-0.3, -0.25) is 4.79 Å². The van der Waals surface area contributed by atoms with E-state index in [-0.39, 0.29) is 22.8 Å². The van der Waals surface area contributed by atoms with E-state index in [0.29, 0.717) is 5.52 Å². The fourth-order valence-corrected chi connectivity index (χ4v) is 4.83. The van der Waals surface area contributed by atoms with Crippen LogP contribution in [0.3, 0.4) is 0 Å². The van der Waals surface area contributed by atoms with Gasteiger partial charge in [-0.2, -0.15) is 8.42 Å². The van der Waals surface area contributed by atoms with E-state index in [9.17, 15) is 17.6 Å². The van der Waals surface area contributed by atoms with Crippen molar-refractivity contribution in [1.82, 2.24) is 4.57 Å². The zero-order valence-electron chi connectivity index (χ0n) is 14.7. The Morgan fingerprint density at radius 2 is 1.93 bits per heavy atom. The van der Waals surface area contributed by atoms with E-state index in [0.717, 1.165) is 45.9 Å². The van der Waals surface area contributed by atoms with Gasteiger partial charge in [-0.15, -0.1) is 4.40 Å². The molecule has 3 rings (SSSR count). The Hall–Kier alpha value is -2.52. The van der Waals surface area contributed by atoms with Gasteiger partial charge in [0.2, 0.25) is 4.80 Å². The molecule has 0 radical (unpaired) electrons. The van der Waals surface area contributed by atoms with Gasteiger partial charge in [0.25, 0.3) is 10.0 Å². The molecule has 0 aliphatic carbocycles. The van der Waals surface area contributed by atoms with Gasteiger partial charge in [0.15, 0.2) is 0 Å². The smallest absolute Gasteiger partial charge is 0.326 e. The van der Waals surface area contributed by atoms with E-state index < -0.39 is 21.8 Å². The minimum Gasteiger partial charge on any atom is -0.465 e. The number of ether oxygens (including phenoxy) is 1. The van der Waals surface area contributed by atoms with Crippen LogP contribution in [0.2, 0.25) is 0 Å². The summed E-state index contributed by atoms with van der Waals surface area (Å²) in [6.07, 6.45) is 0. The van der Waals surface area contributed by atoms with Crippen molar-refractivity contribution >= 4 is 37.5 Å². The number of thiazole rings is 1. The zero-order chi connectivity index (χ0) is 19.6. The molecular weight excluding hydrogens is 391 g/mol. The van der Waals surface area contributed by atoms with Crippen molar-refractivity contribution in [3.8, 4) is 0 Å². The first-order chi connectivity index (χ1) is 12.8. The Labute approximate surface area is 159 Å². The standard InChI is InChI=1S/C18H17FN2O4S2/c1-3-25-17(22)11-21-15-9-4-12(2)10-16(15)26-18(21)20-27(23,24)14-7-5-13(19)6-8-14/h4-10H,3,11H2,1-2H3/b20-18-. The number of esters is 1. The Morgan fingerprint density at radius 3 is 2.59 bits per heavy atom. The van der Waals surface area contributed by atoms with Crippen molar-refractivity contribution in [3.63, 3.8) is 0 Å². The Balaban J connectivity index is 2.18. The van der Waals surface area contributed by atoms with Crippen LogP contribution in [0.15, 0.2) is 51.8 Å². The second-order valence-electron chi connectivity index (χ2n) is 5.77. The van der Waals surface area contributed by atoms with Crippen molar-refractivity contribution in [2.45, 2.75) is 25.3 Å². The van der Waals surface area contributed by atoms with Crippen LogP contribution in [0.5, 0.6) is 0 Å². The quantitative estimate of drug-likeness (QED) is 0.608. The molecule has 1 heterocycles. The van der Waals surface area contributed by atoms with Gasteiger partial charge < -0.3 is 9.30 Å². The number of benzene rings is 2. The Morgan fingerprint density at radius 1 is 1.22 bits per heavy atom. The maximum absolute atomic E-state index is 13.1. The van der Waals surface area contributed by atoms with E-state index >= 15 is 0 Å². The third kappa shape index (κ3) is 4.25. The number of aromatic nitrogens is 1. The minimum absolute atomic E-state index is 0.125. The lowest BCUT2D eigenvalue weighted by molar-refractivity contribution is -0.143. The predicted octanol–water partition coefficient (Wildman–Crippen LogP) is 3.00. The second kappa shape index (κ2) is 7.61. The fourth-order valence-electron chi connectivity index (χ4n) is 2.50. The van der Waals surface area contributed by atoms with Gasteiger partial charge >= 0.3 is 5.97 Å². The van der Waals surface area contributed by atoms with Crippen LogP contribution in [0.4, 0.5) is 4.39 Å². The van der Waals surface area contributed by atoms with Gasteiger partial charge in [-0.25, -0.2) is 4.39 Å². The Bertz CT molecular complexity index is 1160. The van der Waals surface area contributed by atoms with Crippen molar-refractivity contribution < 1.29 is 22.3 Å². The van der Waals surface area contributed by atoms with Gasteiger partial charge in [0.05, 0.1) is 21.7 Å². The summed E-state index contributed by atoms with van der Waals surface area (Å²) in [7, 11) is -4.06. The highest BCUT2D eigenvalue weighted by molar-refractivity contribution is 7.90. The van der Waals surface area contributed by atoms with Crippen LogP contribution < -0.4 is 4.80 Å². The first-order valence-corrected chi connectivity index (χ1v) is 10.4. The largest absolute Gasteiger partial charge is 0.465 e. The topological polar surface area (TPSA) is 77.7 Å². The summed E-state index contributed by atoms with van der Waals surface area (Å²) in [5.41, 5.74) is 1.69. The molecule has 0 spiro atoms. The summed E-state index contributed by atoms with van der Waals surface area (Å²) in [4.78, 5) is 12.0. The van der Waals surface area contributed by atoms with Crippen molar-refractivity contribution in [1.29, 1.82) is 0 Å². The van der Waals surface area contributed by atoms with E-state index in [1.807, 2.05) is 25.1 Å². The van der Waals surface area contributed by atoms with E-state index in [4.69, 9.17) is 4.74 Å². The average molecular weight is 408 g/mol. The lowest BCUT2D eigenvalue weighted by Crippen LogP contribution is -2.23. The van der Waals surface area contributed by atoms with Crippen LogP contribution in [0.1, 0.15) is 12.5 Å². The number of fused-ring (bicyclic) bond motifs is 1. The second-order valence-corrected chi connectivity index (χ2v) is 8.38. The monoisotopic (exact) mass is 408 g/mol. The number of rotatable bonds is 5. The minimum atomic E-state index is -4.06. The highest BCUT2D eigenvalue weighted by Crippen LogP contribution is 2.20. The number of hydrogen-bond donors (Lipinski definition) is 0. The summed E-state index contributed by atoms with van der Waals surface area (Å²) in [5, 5.41) is 0. The maximum Gasteiger partial charge on any atom is 0.326 e. The number of hydrogen-bond acceptors (Lipinski definition) is 5. The molecule has 0 aliphatic rings. The molecule has 0 amide bonds. The summed E-state index contributed by atoms with van der Waals surface area (Å²) in [5.74, 6) is -1.03.